The van der Waals surface area contributed by atoms with E-state index in [9.17, 15) is 14.0 Å². The van der Waals surface area contributed by atoms with Crippen LogP contribution in [0.15, 0.2) is 77.4 Å². The summed E-state index contributed by atoms with van der Waals surface area (Å²) < 4.78 is 30.2. The third-order valence-corrected chi connectivity index (χ3v) is 5.25. The summed E-state index contributed by atoms with van der Waals surface area (Å²) >= 11 is 2.02. The van der Waals surface area contributed by atoms with Crippen LogP contribution in [0.4, 0.5) is 4.39 Å². The van der Waals surface area contributed by atoms with Gasteiger partial charge in [0.15, 0.2) is 17.2 Å². The second-order valence-electron chi connectivity index (χ2n) is 6.64. The zero-order valence-corrected chi connectivity index (χ0v) is 18.8. The first-order valence-electron chi connectivity index (χ1n) is 9.38. The number of ether oxygens (including phenoxy) is 3. The van der Waals surface area contributed by atoms with Crippen molar-refractivity contribution in [2.45, 2.75) is 0 Å². The number of aliphatic imine (C=N–C) groups is 1. The topological polar surface area (TPSA) is 74.2 Å². The first-order valence-corrected chi connectivity index (χ1v) is 10.5. The van der Waals surface area contributed by atoms with Crippen molar-refractivity contribution in [3.8, 4) is 11.5 Å². The number of carbonyl (C=O) groups excluding carboxylic acids is 2. The number of esters is 2. The minimum atomic E-state index is -0.655. The lowest BCUT2D eigenvalue weighted by Crippen LogP contribution is -2.10. The molecule has 0 unspecified atom stereocenters. The third-order valence-electron chi connectivity index (χ3n) is 4.45. The van der Waals surface area contributed by atoms with Crippen molar-refractivity contribution in [3.63, 3.8) is 0 Å². The zero-order valence-electron chi connectivity index (χ0n) is 16.7. The summed E-state index contributed by atoms with van der Waals surface area (Å²) in [7, 11) is 1.45. The molecule has 8 heteroatoms. The Kier molecular flexibility index (Phi) is 6.31. The number of hydrogen-bond donors (Lipinski definition) is 0. The van der Waals surface area contributed by atoms with E-state index in [-0.39, 0.29) is 17.3 Å². The van der Waals surface area contributed by atoms with E-state index in [1.165, 1.54) is 31.4 Å². The van der Waals surface area contributed by atoms with Crippen LogP contribution in [0.1, 0.15) is 21.5 Å². The number of nitrogens with zero attached hydrogens (tertiary/aromatic N) is 1. The van der Waals surface area contributed by atoms with Crippen molar-refractivity contribution in [1.82, 2.24) is 0 Å². The van der Waals surface area contributed by atoms with Crippen LogP contribution in [-0.4, -0.2) is 24.9 Å². The van der Waals surface area contributed by atoms with Gasteiger partial charge in [0.25, 0.3) is 0 Å². The predicted molar refractivity (Wildman–Crippen MR) is 124 cm³/mol. The highest BCUT2D eigenvalue weighted by molar-refractivity contribution is 14.1. The zero-order chi connectivity index (χ0) is 22.7. The SMILES string of the molecule is COc1cc(/C=C2\N=C(c3cccc(F)c3)OC2=O)cc(I)c1OC(=O)c1ccccc1. The average molecular weight is 543 g/mol. The van der Waals surface area contributed by atoms with E-state index in [2.05, 4.69) is 4.99 Å². The Morgan fingerprint density at radius 2 is 1.88 bits per heavy atom. The van der Waals surface area contributed by atoms with Gasteiger partial charge in [0.2, 0.25) is 5.90 Å². The molecule has 0 saturated heterocycles. The molecule has 1 aliphatic heterocycles. The van der Waals surface area contributed by atoms with Gasteiger partial charge in [-0.1, -0.05) is 24.3 Å². The van der Waals surface area contributed by atoms with Crippen LogP contribution in [0, 0.1) is 9.39 Å². The van der Waals surface area contributed by atoms with Gasteiger partial charge in [-0.05, 0) is 76.7 Å². The van der Waals surface area contributed by atoms with Gasteiger partial charge in [-0.15, -0.1) is 0 Å². The van der Waals surface area contributed by atoms with Crippen LogP contribution in [0.5, 0.6) is 11.5 Å². The first kappa shape index (κ1) is 21.7. The minimum absolute atomic E-state index is 0.0239. The van der Waals surface area contributed by atoms with Crippen molar-refractivity contribution in [1.29, 1.82) is 0 Å². The smallest absolute Gasteiger partial charge is 0.363 e. The van der Waals surface area contributed by atoms with E-state index < -0.39 is 17.8 Å². The van der Waals surface area contributed by atoms with E-state index in [1.54, 1.807) is 48.5 Å². The fourth-order valence-corrected chi connectivity index (χ4v) is 3.70. The van der Waals surface area contributed by atoms with Crippen molar-refractivity contribution in [2.24, 2.45) is 4.99 Å². The Morgan fingerprint density at radius 3 is 2.59 bits per heavy atom. The molecular weight excluding hydrogens is 528 g/mol. The van der Waals surface area contributed by atoms with Gasteiger partial charge in [0.05, 0.1) is 16.2 Å². The molecule has 4 rings (SSSR count). The Hall–Kier alpha value is -3.53. The second-order valence-corrected chi connectivity index (χ2v) is 7.80. The second kappa shape index (κ2) is 9.31. The highest BCUT2D eigenvalue weighted by Crippen LogP contribution is 2.35. The maximum Gasteiger partial charge on any atom is 0.363 e. The average Bonchev–Trinajstić information content (AvgIpc) is 3.16. The predicted octanol–water partition coefficient (Wildman–Crippen LogP) is 5.00. The lowest BCUT2D eigenvalue weighted by atomic mass is 10.1. The van der Waals surface area contributed by atoms with E-state index in [4.69, 9.17) is 14.2 Å². The third kappa shape index (κ3) is 4.70. The standard InChI is InChI=1S/C24H15FINO5/c1-30-20-12-14(10-18(26)21(20)31-23(28)15-6-3-2-4-7-15)11-19-24(29)32-22(27-19)16-8-5-9-17(25)13-16/h2-13H,1H3/b19-11-. The fourth-order valence-electron chi connectivity index (χ4n) is 2.96. The van der Waals surface area contributed by atoms with Gasteiger partial charge in [0, 0.05) is 5.56 Å². The summed E-state index contributed by atoms with van der Waals surface area (Å²) in [5, 5.41) is 0. The number of benzene rings is 3. The van der Waals surface area contributed by atoms with Gasteiger partial charge < -0.3 is 14.2 Å². The number of hydrogen-bond acceptors (Lipinski definition) is 6. The molecule has 0 atom stereocenters. The van der Waals surface area contributed by atoms with E-state index in [0.717, 1.165) is 0 Å². The Morgan fingerprint density at radius 1 is 1.09 bits per heavy atom. The number of cyclic esters (lactones) is 1. The lowest BCUT2D eigenvalue weighted by molar-refractivity contribution is -0.129. The molecule has 1 heterocycles. The molecule has 0 amide bonds. The molecule has 32 heavy (non-hydrogen) atoms. The largest absolute Gasteiger partial charge is 0.493 e. The summed E-state index contributed by atoms with van der Waals surface area (Å²) in [5.74, 6) is -1.03. The Balaban J connectivity index is 1.63. The lowest BCUT2D eigenvalue weighted by Gasteiger charge is -2.12. The molecule has 3 aromatic rings. The highest BCUT2D eigenvalue weighted by atomic mass is 127. The molecule has 0 aliphatic carbocycles. The normalized spacial score (nSPS) is 14.2. The molecule has 1 aliphatic rings. The molecule has 0 fully saturated rings. The fraction of sp³-hybridized carbons (Fsp3) is 0.0417. The Bertz CT molecular complexity index is 1270. The molecule has 0 bridgehead atoms. The number of halogens is 2. The number of carbonyl (C=O) groups is 2. The molecular formula is C24H15FINO5. The summed E-state index contributed by atoms with van der Waals surface area (Å²) in [6.45, 7) is 0. The van der Waals surface area contributed by atoms with Crippen LogP contribution in [0.25, 0.3) is 6.08 Å². The molecule has 0 saturated carbocycles. The van der Waals surface area contributed by atoms with Gasteiger partial charge >= 0.3 is 11.9 Å². The molecule has 6 nitrogen and oxygen atoms in total. The molecule has 3 aromatic carbocycles. The van der Waals surface area contributed by atoms with Crippen LogP contribution in [0.3, 0.4) is 0 Å². The van der Waals surface area contributed by atoms with Gasteiger partial charge in [-0.25, -0.2) is 19.0 Å². The number of rotatable bonds is 5. The van der Waals surface area contributed by atoms with Crippen LogP contribution >= 0.6 is 22.6 Å². The maximum atomic E-state index is 13.5. The quantitative estimate of drug-likeness (QED) is 0.196. The molecule has 160 valence electrons. The van der Waals surface area contributed by atoms with Gasteiger partial charge in [0.1, 0.15) is 5.82 Å². The van der Waals surface area contributed by atoms with Gasteiger partial charge in [-0.3, -0.25) is 0 Å². The summed E-state index contributed by atoms with van der Waals surface area (Å²) in [4.78, 5) is 28.9. The molecule has 0 spiro atoms. The van der Waals surface area contributed by atoms with Crippen LogP contribution in [0.2, 0.25) is 0 Å². The summed E-state index contributed by atoms with van der Waals surface area (Å²) in [6, 6.07) is 17.6. The van der Waals surface area contributed by atoms with Crippen LogP contribution < -0.4 is 9.47 Å². The minimum Gasteiger partial charge on any atom is -0.493 e. The number of methoxy groups -OCH3 is 1. The van der Waals surface area contributed by atoms with E-state index >= 15 is 0 Å². The molecule has 0 N–H and O–H groups in total. The monoisotopic (exact) mass is 543 g/mol. The maximum absolute atomic E-state index is 13.5. The summed E-state index contributed by atoms with van der Waals surface area (Å²) in [6.07, 6.45) is 1.52. The summed E-state index contributed by atoms with van der Waals surface area (Å²) in [5.41, 5.74) is 1.40. The van der Waals surface area contributed by atoms with E-state index in [1.807, 2.05) is 22.6 Å². The Labute approximate surface area is 196 Å². The van der Waals surface area contributed by atoms with Crippen molar-refractivity contribution >= 4 is 46.5 Å². The van der Waals surface area contributed by atoms with Gasteiger partial charge in [-0.2, -0.15) is 0 Å². The van der Waals surface area contributed by atoms with Crippen LogP contribution in [-0.2, 0) is 9.53 Å². The highest BCUT2D eigenvalue weighted by Gasteiger charge is 2.25. The molecule has 0 aromatic heterocycles. The van der Waals surface area contributed by atoms with Crippen molar-refractivity contribution < 1.29 is 28.2 Å². The molecule has 0 radical (unpaired) electrons. The van der Waals surface area contributed by atoms with Crippen molar-refractivity contribution in [2.75, 3.05) is 7.11 Å². The van der Waals surface area contributed by atoms with Crippen molar-refractivity contribution in [3.05, 3.63) is 98.5 Å². The van der Waals surface area contributed by atoms with E-state index in [0.29, 0.717) is 26.0 Å². The first-order chi connectivity index (χ1) is 15.4.